The van der Waals surface area contributed by atoms with Crippen LogP contribution in [0.5, 0.6) is 23.0 Å². The van der Waals surface area contributed by atoms with Crippen LogP contribution >= 0.6 is 0 Å². The average molecular weight is 953 g/mol. The topological polar surface area (TPSA) is 220 Å². The van der Waals surface area contributed by atoms with Crippen LogP contribution in [0.25, 0.3) is 0 Å². The number of nitrogens with two attached hydrogens (primary N) is 2. The standard InChI is InChI=1S/C52H68N6O11/c53-17-1-19-55(47(61)66-37-9-7-33-27-39-51(63)13-11-35(59)45-49(51,41(33)43(37)68-45)15-21-57(39)29-31-3-4-31)23-25-65-26-24-56(20-2-18-54)48(62)67-38-10-8-34-28-40-52(64)14-12-36(60)46-50(52,42(34)44(38)69-46)16-22-58(40)30-32-5-6-32/h7-10,31-32,39-40,45-46,63-64H,1-6,11-30,53-54H2/t39-,40-,45+,46+,49+,50+,51-,52-/m1/s1. The van der Waals surface area contributed by atoms with Gasteiger partial charge in [-0.15, -0.1) is 0 Å². The fourth-order valence-corrected chi connectivity index (χ4v) is 14.6. The average Bonchev–Trinajstić information content (AvgIpc) is 4.27. The highest BCUT2D eigenvalue weighted by Gasteiger charge is 2.75. The van der Waals surface area contributed by atoms with Gasteiger partial charge >= 0.3 is 12.2 Å². The number of benzene rings is 2. The zero-order chi connectivity index (χ0) is 47.5. The third kappa shape index (κ3) is 7.02. The van der Waals surface area contributed by atoms with Crippen LogP contribution in [0, 0.1) is 11.8 Å². The zero-order valence-electron chi connectivity index (χ0n) is 39.7. The number of ketones is 2. The van der Waals surface area contributed by atoms with Crippen molar-refractivity contribution < 1.29 is 53.1 Å². The summed E-state index contributed by atoms with van der Waals surface area (Å²) in [6, 6.07) is 7.26. The van der Waals surface area contributed by atoms with E-state index >= 15 is 0 Å². The van der Waals surface area contributed by atoms with Crippen molar-refractivity contribution in [1.82, 2.24) is 19.6 Å². The van der Waals surface area contributed by atoms with E-state index < -0.39 is 46.4 Å². The van der Waals surface area contributed by atoms with E-state index in [1.807, 2.05) is 12.1 Å². The summed E-state index contributed by atoms with van der Waals surface area (Å²) in [6.07, 6.45) is 6.80. The number of Topliss-reactive ketones (excluding diaryl/α,β-unsaturated/α-hetero) is 2. The van der Waals surface area contributed by atoms with Crippen molar-refractivity contribution in [3.63, 3.8) is 0 Å². The minimum Gasteiger partial charge on any atom is -0.477 e. The molecule has 4 bridgehead atoms. The van der Waals surface area contributed by atoms with Gasteiger partial charge in [-0.2, -0.15) is 0 Å². The highest BCUT2D eigenvalue weighted by atomic mass is 16.6. The lowest BCUT2D eigenvalue weighted by Gasteiger charge is -2.62. The lowest BCUT2D eigenvalue weighted by Crippen LogP contribution is -2.76. The predicted octanol–water partition coefficient (Wildman–Crippen LogP) is 2.97. The Morgan fingerprint density at radius 3 is 1.49 bits per heavy atom. The largest absolute Gasteiger partial charge is 0.477 e. The molecule has 4 aliphatic heterocycles. The Hall–Kier alpha value is -4.36. The van der Waals surface area contributed by atoms with Gasteiger partial charge in [0.15, 0.2) is 46.8 Å². The summed E-state index contributed by atoms with van der Waals surface area (Å²) in [4.78, 5) is 63.2. The molecule has 17 nitrogen and oxygen atoms in total. The quantitative estimate of drug-likeness (QED) is 0.158. The molecule has 2 aromatic carbocycles. The molecule has 6 N–H and O–H groups in total. The maximum atomic E-state index is 14.0. The Kier molecular flexibility index (Phi) is 11.4. The molecule has 6 fully saturated rings. The van der Waals surface area contributed by atoms with Crippen molar-refractivity contribution in [2.24, 2.45) is 23.3 Å². The first-order valence-electron chi connectivity index (χ1n) is 26.0. The summed E-state index contributed by atoms with van der Waals surface area (Å²) < 4.78 is 31.4. The van der Waals surface area contributed by atoms with Crippen molar-refractivity contribution in [3.05, 3.63) is 46.5 Å². The summed E-state index contributed by atoms with van der Waals surface area (Å²) in [7, 11) is 0. The second-order valence-corrected chi connectivity index (χ2v) is 22.0. The van der Waals surface area contributed by atoms with Crippen molar-refractivity contribution in [1.29, 1.82) is 0 Å². The molecule has 2 amide bonds. The van der Waals surface area contributed by atoms with Gasteiger partial charge < -0.3 is 55.2 Å². The number of rotatable bonds is 18. The molecule has 6 aliphatic carbocycles. The maximum Gasteiger partial charge on any atom is 0.415 e. The number of piperidine rings is 2. The van der Waals surface area contributed by atoms with Gasteiger partial charge in [-0.3, -0.25) is 19.4 Å². The molecule has 2 saturated heterocycles. The summed E-state index contributed by atoms with van der Waals surface area (Å²) in [6.45, 7) is 5.46. The van der Waals surface area contributed by atoms with Crippen molar-refractivity contribution in [2.45, 2.75) is 136 Å². The molecular formula is C52H68N6O11. The fraction of sp³-hybridized carbons (Fsp3) is 0.692. The van der Waals surface area contributed by atoms with Crippen LogP contribution in [0.3, 0.4) is 0 Å². The number of ether oxygens (including phenoxy) is 5. The van der Waals surface area contributed by atoms with E-state index in [1.165, 1.54) is 35.5 Å². The monoisotopic (exact) mass is 952 g/mol. The van der Waals surface area contributed by atoms with Crippen LogP contribution in [0.15, 0.2) is 24.3 Å². The van der Waals surface area contributed by atoms with Gasteiger partial charge in [-0.1, -0.05) is 12.1 Å². The normalized spacial score (nSPS) is 33.3. The van der Waals surface area contributed by atoms with Crippen molar-refractivity contribution in [2.75, 3.05) is 78.7 Å². The minimum absolute atomic E-state index is 0.0237. The third-order valence-electron chi connectivity index (χ3n) is 18.3. The molecule has 0 unspecified atom stereocenters. The number of aliphatic hydroxyl groups is 2. The lowest BCUT2D eigenvalue weighted by molar-refractivity contribution is -0.188. The molecule has 372 valence electrons. The molecule has 69 heavy (non-hydrogen) atoms. The Labute approximate surface area is 403 Å². The van der Waals surface area contributed by atoms with Crippen LogP contribution in [0.1, 0.15) is 99.3 Å². The van der Waals surface area contributed by atoms with Crippen LogP contribution in [-0.2, 0) is 38.0 Å². The summed E-state index contributed by atoms with van der Waals surface area (Å²) in [5.74, 6) is 2.51. The number of carbonyl (C=O) groups excluding carboxylic acids is 4. The molecule has 4 heterocycles. The molecule has 8 atom stereocenters. The van der Waals surface area contributed by atoms with Gasteiger partial charge in [0.1, 0.15) is 0 Å². The molecule has 4 saturated carbocycles. The fourth-order valence-electron chi connectivity index (χ4n) is 14.6. The van der Waals surface area contributed by atoms with E-state index in [0.29, 0.717) is 101 Å². The zero-order valence-corrected chi connectivity index (χ0v) is 39.7. The van der Waals surface area contributed by atoms with Gasteiger partial charge in [-0.25, -0.2) is 9.59 Å². The third-order valence-corrected chi connectivity index (χ3v) is 18.3. The van der Waals surface area contributed by atoms with E-state index in [4.69, 9.17) is 35.2 Å². The summed E-state index contributed by atoms with van der Waals surface area (Å²) in [5.41, 5.74) is 11.5. The van der Waals surface area contributed by atoms with Gasteiger partial charge in [0.05, 0.1) is 35.2 Å². The van der Waals surface area contributed by atoms with Crippen LogP contribution in [0.4, 0.5) is 9.59 Å². The Morgan fingerprint density at radius 2 is 1.09 bits per heavy atom. The molecular weight excluding hydrogens is 885 g/mol. The van der Waals surface area contributed by atoms with E-state index in [1.54, 1.807) is 12.1 Å². The second-order valence-electron chi connectivity index (χ2n) is 22.0. The number of hydrogen-bond donors (Lipinski definition) is 4. The first-order chi connectivity index (χ1) is 33.4. The van der Waals surface area contributed by atoms with Crippen molar-refractivity contribution in [3.8, 4) is 23.0 Å². The Bertz CT molecular complexity index is 2270. The molecule has 0 radical (unpaired) electrons. The summed E-state index contributed by atoms with van der Waals surface area (Å²) >= 11 is 0. The van der Waals surface area contributed by atoms with E-state index in [2.05, 4.69) is 9.80 Å². The molecule has 10 aliphatic rings. The van der Waals surface area contributed by atoms with Crippen LogP contribution in [-0.4, -0.2) is 168 Å². The first-order valence-corrected chi connectivity index (χ1v) is 26.0. The smallest absolute Gasteiger partial charge is 0.415 e. The Balaban J connectivity index is 0.707. The van der Waals surface area contributed by atoms with E-state index in [9.17, 15) is 29.4 Å². The van der Waals surface area contributed by atoms with E-state index in [-0.39, 0.29) is 74.3 Å². The van der Waals surface area contributed by atoms with Gasteiger partial charge in [-0.05, 0) is 138 Å². The molecule has 17 heteroatoms. The number of likely N-dealkylation sites (tertiary alicyclic amines) is 2. The number of amides is 2. The SMILES string of the molecule is NCCCN(CCOCCN(CCCN)C(=O)Oc1ccc2c3c1O[C@H]1C(=O)CC[C@@]4(O)[C@@H](C2)N(CC2CC2)CC[C@]314)C(=O)Oc1ccc2c3c1O[C@H]1C(=O)CC[C@@]4(O)[C@@H](C2)N(CC2CC2)CC[C@]314. The van der Waals surface area contributed by atoms with Crippen LogP contribution < -0.4 is 30.4 Å². The van der Waals surface area contributed by atoms with Crippen molar-refractivity contribution >= 4 is 23.8 Å². The first kappa shape index (κ1) is 45.8. The second kappa shape index (κ2) is 17.2. The van der Waals surface area contributed by atoms with E-state index in [0.717, 1.165) is 48.4 Å². The minimum atomic E-state index is -1.13. The number of hydrogen-bond acceptors (Lipinski definition) is 15. The number of nitrogens with zero attached hydrogens (tertiary/aromatic N) is 4. The van der Waals surface area contributed by atoms with Gasteiger partial charge in [0, 0.05) is 75.3 Å². The number of carbonyl (C=O) groups is 4. The predicted molar refractivity (Wildman–Crippen MR) is 250 cm³/mol. The summed E-state index contributed by atoms with van der Waals surface area (Å²) in [5, 5.41) is 25.4. The Morgan fingerprint density at radius 1 is 0.652 bits per heavy atom. The highest BCUT2D eigenvalue weighted by Crippen LogP contribution is 2.67. The lowest BCUT2D eigenvalue weighted by atomic mass is 9.49. The van der Waals surface area contributed by atoms with Crippen LogP contribution in [0.2, 0.25) is 0 Å². The molecule has 2 aromatic rings. The molecule has 2 spiro atoms. The molecule has 12 rings (SSSR count). The van der Waals surface area contributed by atoms with Gasteiger partial charge in [0.2, 0.25) is 0 Å². The molecule has 0 aromatic heterocycles. The maximum absolute atomic E-state index is 14.0. The van der Waals surface area contributed by atoms with Gasteiger partial charge in [0.25, 0.3) is 0 Å². The highest BCUT2D eigenvalue weighted by molar-refractivity contribution is 5.91.